The van der Waals surface area contributed by atoms with Crippen LogP contribution in [-0.4, -0.2) is 27.8 Å². The van der Waals surface area contributed by atoms with E-state index in [1.165, 1.54) is 0 Å². The van der Waals surface area contributed by atoms with E-state index in [1.54, 1.807) is 24.3 Å². The summed E-state index contributed by atoms with van der Waals surface area (Å²) in [5.74, 6) is -0.462. The van der Waals surface area contributed by atoms with Crippen LogP contribution in [0.1, 0.15) is 30.2 Å². The van der Waals surface area contributed by atoms with E-state index in [4.69, 9.17) is 10.2 Å². The highest BCUT2D eigenvalue weighted by atomic mass is 16.3. The molecule has 0 spiro atoms. The van der Waals surface area contributed by atoms with Gasteiger partial charge in [-0.05, 0) is 30.2 Å². The van der Waals surface area contributed by atoms with E-state index in [1.807, 2.05) is 38.1 Å². The van der Waals surface area contributed by atoms with Gasteiger partial charge in [-0.3, -0.25) is 14.4 Å². The van der Waals surface area contributed by atoms with Crippen molar-refractivity contribution >= 4 is 39.5 Å². The highest BCUT2D eigenvalue weighted by Crippen LogP contribution is 2.22. The molecule has 33 heavy (non-hydrogen) atoms. The summed E-state index contributed by atoms with van der Waals surface area (Å²) in [4.78, 5) is 45.8. The maximum Gasteiger partial charge on any atom is 0.287 e. The summed E-state index contributed by atoms with van der Waals surface area (Å²) in [7, 11) is 0. The molecule has 2 aromatic carbocycles. The molecule has 1 atom stereocenters. The van der Waals surface area contributed by atoms with E-state index >= 15 is 0 Å². The van der Waals surface area contributed by atoms with Crippen LogP contribution >= 0.6 is 0 Å². The first-order valence-electron chi connectivity index (χ1n) is 10.5. The van der Waals surface area contributed by atoms with Gasteiger partial charge < -0.3 is 20.8 Å². The summed E-state index contributed by atoms with van der Waals surface area (Å²) < 4.78 is 5.58. The lowest BCUT2D eigenvalue weighted by molar-refractivity contribution is -0.119. The number of carbonyl (C=O) groups is 2. The molecule has 4 N–H and O–H groups in total. The molecule has 0 aliphatic carbocycles. The van der Waals surface area contributed by atoms with Crippen LogP contribution in [0.3, 0.4) is 0 Å². The Hall–Kier alpha value is -4.27. The molecule has 0 aliphatic heterocycles. The van der Waals surface area contributed by atoms with Crippen LogP contribution in [0.25, 0.3) is 21.9 Å². The average molecular weight is 445 g/mol. The number of primary amides is 1. The maximum absolute atomic E-state index is 12.6. The molecule has 2 amide bonds. The standard InChI is InChI=1S/C24H23N5O4/c1-13(2)21(22(25)31)29-23-14-7-3-5-9-16(14)27-20(28-23)12-26-24(32)19-11-17(30)15-8-4-6-10-18(15)33-19/h3-11,13,21H,12H2,1-2H3,(H2,25,31)(H,26,32)(H,27,28,29)/t21-/m0/s1. The second-order valence-electron chi connectivity index (χ2n) is 7.93. The molecule has 4 aromatic rings. The van der Waals surface area contributed by atoms with Crippen molar-refractivity contribution in [2.75, 3.05) is 5.32 Å². The van der Waals surface area contributed by atoms with Gasteiger partial charge in [-0.25, -0.2) is 9.97 Å². The minimum absolute atomic E-state index is 0.0161. The lowest BCUT2D eigenvalue weighted by Crippen LogP contribution is -2.40. The first kappa shape index (κ1) is 21.9. The molecule has 2 aromatic heterocycles. The lowest BCUT2D eigenvalue weighted by Gasteiger charge is -2.21. The van der Waals surface area contributed by atoms with Crippen molar-refractivity contribution in [3.8, 4) is 0 Å². The first-order valence-corrected chi connectivity index (χ1v) is 10.5. The molecular weight excluding hydrogens is 422 g/mol. The number of nitrogens with one attached hydrogen (secondary N) is 2. The number of rotatable bonds is 7. The third-order valence-electron chi connectivity index (χ3n) is 5.18. The van der Waals surface area contributed by atoms with Crippen LogP contribution in [0.2, 0.25) is 0 Å². The van der Waals surface area contributed by atoms with Crippen molar-refractivity contribution in [1.82, 2.24) is 15.3 Å². The summed E-state index contributed by atoms with van der Waals surface area (Å²) in [5, 5.41) is 6.91. The van der Waals surface area contributed by atoms with Gasteiger partial charge in [-0.15, -0.1) is 0 Å². The zero-order valence-corrected chi connectivity index (χ0v) is 18.2. The van der Waals surface area contributed by atoms with Gasteiger partial charge >= 0.3 is 0 Å². The quantitative estimate of drug-likeness (QED) is 0.397. The van der Waals surface area contributed by atoms with Crippen LogP contribution in [0.15, 0.2) is 63.8 Å². The Morgan fingerprint density at radius 1 is 1.03 bits per heavy atom. The van der Waals surface area contributed by atoms with Gasteiger partial charge in [0.15, 0.2) is 17.0 Å². The van der Waals surface area contributed by atoms with Crippen molar-refractivity contribution < 1.29 is 14.0 Å². The fourth-order valence-corrected chi connectivity index (χ4v) is 3.49. The second-order valence-corrected chi connectivity index (χ2v) is 7.93. The molecule has 0 saturated heterocycles. The fourth-order valence-electron chi connectivity index (χ4n) is 3.49. The molecule has 9 heteroatoms. The first-order chi connectivity index (χ1) is 15.8. The maximum atomic E-state index is 12.6. The van der Waals surface area contributed by atoms with Crippen LogP contribution in [-0.2, 0) is 11.3 Å². The second kappa shape index (κ2) is 9.07. The molecule has 0 radical (unpaired) electrons. The Bertz CT molecular complexity index is 1410. The number of aromatic nitrogens is 2. The van der Waals surface area contributed by atoms with Gasteiger partial charge in [0.1, 0.15) is 17.4 Å². The highest BCUT2D eigenvalue weighted by molar-refractivity contribution is 5.94. The number of benzene rings is 2. The zero-order chi connectivity index (χ0) is 23.5. The molecule has 0 unspecified atom stereocenters. The third-order valence-corrected chi connectivity index (χ3v) is 5.18. The Labute approximate surface area is 189 Å². The number of nitrogens with zero attached hydrogens (tertiary/aromatic N) is 2. The van der Waals surface area contributed by atoms with Crippen molar-refractivity contribution in [3.05, 3.63) is 76.4 Å². The molecule has 4 rings (SSSR count). The lowest BCUT2D eigenvalue weighted by atomic mass is 10.0. The van der Waals surface area contributed by atoms with Crippen molar-refractivity contribution in [3.63, 3.8) is 0 Å². The third kappa shape index (κ3) is 4.67. The van der Waals surface area contributed by atoms with E-state index in [2.05, 4.69) is 20.6 Å². The minimum atomic E-state index is -0.627. The topological polar surface area (TPSA) is 140 Å². The molecule has 0 fully saturated rings. The monoisotopic (exact) mass is 445 g/mol. The number of fused-ring (bicyclic) bond motifs is 2. The summed E-state index contributed by atoms with van der Waals surface area (Å²) in [6, 6.07) is 14.6. The smallest absolute Gasteiger partial charge is 0.287 e. The Morgan fingerprint density at radius 3 is 2.45 bits per heavy atom. The average Bonchev–Trinajstić information content (AvgIpc) is 2.80. The van der Waals surface area contributed by atoms with Gasteiger partial charge in [0.05, 0.1) is 17.4 Å². The molecule has 0 bridgehead atoms. The molecule has 168 valence electrons. The summed E-state index contributed by atoms with van der Waals surface area (Å²) >= 11 is 0. The number of anilines is 1. The predicted molar refractivity (Wildman–Crippen MR) is 125 cm³/mol. The zero-order valence-electron chi connectivity index (χ0n) is 18.2. The van der Waals surface area contributed by atoms with Gasteiger partial charge in [0.2, 0.25) is 5.91 Å². The van der Waals surface area contributed by atoms with E-state index in [0.29, 0.717) is 28.1 Å². The van der Waals surface area contributed by atoms with E-state index in [9.17, 15) is 14.4 Å². The van der Waals surface area contributed by atoms with Crippen LogP contribution in [0.5, 0.6) is 0 Å². The number of carbonyl (C=O) groups excluding carboxylic acids is 2. The molecule has 9 nitrogen and oxygen atoms in total. The van der Waals surface area contributed by atoms with Crippen LogP contribution in [0, 0.1) is 5.92 Å². The number of hydrogen-bond donors (Lipinski definition) is 3. The van der Waals surface area contributed by atoms with Crippen molar-refractivity contribution in [2.24, 2.45) is 11.7 Å². The SMILES string of the molecule is CC(C)[C@H](Nc1nc(CNC(=O)c2cc(=O)c3ccccc3o2)nc2ccccc12)C(N)=O. The van der Waals surface area contributed by atoms with Crippen molar-refractivity contribution in [1.29, 1.82) is 0 Å². The molecule has 2 heterocycles. The number of para-hydroxylation sites is 2. The molecule has 0 saturated carbocycles. The Balaban J connectivity index is 1.61. The fraction of sp³-hybridized carbons (Fsp3) is 0.208. The summed E-state index contributed by atoms with van der Waals surface area (Å²) in [6.07, 6.45) is 0. The normalized spacial score (nSPS) is 12.1. The minimum Gasteiger partial charge on any atom is -0.451 e. The van der Waals surface area contributed by atoms with Gasteiger partial charge in [0.25, 0.3) is 5.91 Å². The number of amides is 2. The molecule has 0 aliphatic rings. The van der Waals surface area contributed by atoms with E-state index < -0.39 is 17.9 Å². The number of hydrogen-bond acceptors (Lipinski definition) is 7. The van der Waals surface area contributed by atoms with Crippen LogP contribution in [0.4, 0.5) is 5.82 Å². The van der Waals surface area contributed by atoms with Gasteiger partial charge in [0, 0.05) is 11.5 Å². The van der Waals surface area contributed by atoms with Gasteiger partial charge in [-0.1, -0.05) is 38.1 Å². The van der Waals surface area contributed by atoms with Gasteiger partial charge in [-0.2, -0.15) is 0 Å². The van der Waals surface area contributed by atoms with E-state index in [-0.39, 0.29) is 23.7 Å². The Morgan fingerprint density at radius 2 is 1.73 bits per heavy atom. The summed E-state index contributed by atoms with van der Waals surface area (Å²) in [6.45, 7) is 3.74. The van der Waals surface area contributed by atoms with Crippen molar-refractivity contribution in [2.45, 2.75) is 26.4 Å². The highest BCUT2D eigenvalue weighted by Gasteiger charge is 2.21. The Kier molecular flexibility index (Phi) is 6.03. The predicted octanol–water partition coefficient (Wildman–Crippen LogP) is 2.59. The largest absolute Gasteiger partial charge is 0.451 e. The number of nitrogens with two attached hydrogens (primary N) is 1. The molecular formula is C24H23N5O4. The van der Waals surface area contributed by atoms with E-state index in [0.717, 1.165) is 11.5 Å². The van der Waals surface area contributed by atoms with Crippen LogP contribution < -0.4 is 21.8 Å². The summed E-state index contributed by atoms with van der Waals surface area (Å²) in [5.41, 5.74) is 6.21.